The molecule has 0 fully saturated rings. The Kier molecular flexibility index (Phi) is 5.15. The summed E-state index contributed by atoms with van der Waals surface area (Å²) < 4.78 is 7.41. The number of rotatable bonds is 7. The van der Waals surface area contributed by atoms with Gasteiger partial charge in [0.05, 0.1) is 12.5 Å². The van der Waals surface area contributed by atoms with Gasteiger partial charge in [0.15, 0.2) is 0 Å². The summed E-state index contributed by atoms with van der Waals surface area (Å²) in [6, 6.07) is 8.15. The highest BCUT2D eigenvalue weighted by molar-refractivity contribution is 6.76. The van der Waals surface area contributed by atoms with Crippen LogP contribution in [0.5, 0.6) is 0 Å². The van der Waals surface area contributed by atoms with E-state index in [1.54, 1.807) is 35.3 Å². The number of hydrogen-bond donors (Lipinski definition) is 1. The number of nitrogens with two attached hydrogens (primary N) is 1. The molecular weight excluding hydrogens is 294 g/mol. The van der Waals surface area contributed by atoms with Gasteiger partial charge in [-0.3, -0.25) is 4.79 Å². The van der Waals surface area contributed by atoms with Gasteiger partial charge in [-0.25, -0.2) is 4.98 Å². The Morgan fingerprint density at radius 2 is 2.05 bits per heavy atom. The number of anilines is 1. The van der Waals surface area contributed by atoms with Gasteiger partial charge in [0.2, 0.25) is 5.78 Å². The van der Waals surface area contributed by atoms with Crippen LogP contribution in [0.15, 0.2) is 36.8 Å². The number of nitrogens with zero attached hydrogens (tertiary/aromatic N) is 2. The Bertz CT molecular complexity index is 647. The van der Waals surface area contributed by atoms with Crippen LogP contribution in [0.25, 0.3) is 0 Å². The molecule has 0 aliphatic heterocycles. The Morgan fingerprint density at radius 3 is 2.73 bits per heavy atom. The monoisotopic (exact) mass is 317 g/mol. The van der Waals surface area contributed by atoms with Gasteiger partial charge in [0.25, 0.3) is 0 Å². The molecule has 0 bridgehead atoms. The minimum atomic E-state index is -1.11. The standard InChI is InChI=1S/C16H23N3O2Si/c1-22(2,3)9-8-21-12-19-11-18-10-15(19)16(20)13-6-4-5-7-14(13)17/h4-7,10-11H,8-9,12,17H2,1-3H3. The van der Waals surface area contributed by atoms with Crippen molar-refractivity contribution < 1.29 is 9.53 Å². The molecule has 2 aromatic rings. The minimum Gasteiger partial charge on any atom is -0.398 e. The van der Waals surface area contributed by atoms with E-state index in [2.05, 4.69) is 24.6 Å². The van der Waals surface area contributed by atoms with Crippen LogP contribution >= 0.6 is 0 Å². The first kappa shape index (κ1) is 16.4. The van der Waals surface area contributed by atoms with E-state index in [1.807, 2.05) is 6.07 Å². The average Bonchev–Trinajstić information content (AvgIpc) is 2.91. The van der Waals surface area contributed by atoms with Crippen molar-refractivity contribution >= 4 is 19.5 Å². The Hall–Kier alpha value is -1.92. The highest BCUT2D eigenvalue weighted by Gasteiger charge is 2.17. The number of aromatic nitrogens is 2. The first-order valence-corrected chi connectivity index (χ1v) is 11.1. The predicted molar refractivity (Wildman–Crippen MR) is 90.6 cm³/mol. The molecule has 0 aliphatic carbocycles. The van der Waals surface area contributed by atoms with Crippen molar-refractivity contribution in [1.29, 1.82) is 0 Å². The number of imidazole rings is 1. The van der Waals surface area contributed by atoms with Crippen LogP contribution in [0.4, 0.5) is 5.69 Å². The van der Waals surface area contributed by atoms with Crippen molar-refractivity contribution in [2.75, 3.05) is 12.3 Å². The topological polar surface area (TPSA) is 70.1 Å². The molecule has 0 atom stereocenters. The maximum atomic E-state index is 12.6. The summed E-state index contributed by atoms with van der Waals surface area (Å²) in [5, 5.41) is 0. The largest absolute Gasteiger partial charge is 0.398 e. The summed E-state index contributed by atoms with van der Waals surface area (Å²) >= 11 is 0. The first-order chi connectivity index (χ1) is 10.4. The molecule has 6 heteroatoms. The minimum absolute atomic E-state index is 0.135. The van der Waals surface area contributed by atoms with Crippen molar-refractivity contribution in [1.82, 2.24) is 9.55 Å². The molecule has 0 unspecified atom stereocenters. The van der Waals surface area contributed by atoms with Crippen molar-refractivity contribution in [2.45, 2.75) is 32.4 Å². The second-order valence-corrected chi connectivity index (χ2v) is 12.1. The molecular formula is C16H23N3O2Si. The summed E-state index contributed by atoms with van der Waals surface area (Å²) in [5.41, 5.74) is 7.33. The van der Waals surface area contributed by atoms with Crippen LogP contribution in [-0.4, -0.2) is 30.0 Å². The van der Waals surface area contributed by atoms with Crippen LogP contribution < -0.4 is 5.73 Å². The summed E-state index contributed by atoms with van der Waals surface area (Å²) in [4.78, 5) is 16.6. The third-order valence-electron chi connectivity index (χ3n) is 3.38. The number of benzene rings is 1. The van der Waals surface area contributed by atoms with Gasteiger partial charge in [0, 0.05) is 25.9 Å². The van der Waals surface area contributed by atoms with Crippen molar-refractivity contribution in [3.8, 4) is 0 Å². The zero-order valence-electron chi connectivity index (χ0n) is 13.4. The fourth-order valence-corrected chi connectivity index (χ4v) is 2.75. The average molecular weight is 317 g/mol. The van der Waals surface area contributed by atoms with Crippen molar-refractivity contribution in [3.05, 3.63) is 48.0 Å². The highest BCUT2D eigenvalue weighted by atomic mass is 28.3. The number of carbonyl (C=O) groups is 1. The zero-order chi connectivity index (χ0) is 16.2. The summed E-state index contributed by atoms with van der Waals surface area (Å²) in [7, 11) is -1.11. The second kappa shape index (κ2) is 6.89. The van der Waals surface area contributed by atoms with E-state index in [0.717, 1.165) is 6.04 Å². The molecule has 0 saturated carbocycles. The van der Waals surface area contributed by atoms with E-state index in [4.69, 9.17) is 10.5 Å². The highest BCUT2D eigenvalue weighted by Crippen LogP contribution is 2.16. The van der Waals surface area contributed by atoms with Crippen LogP contribution in [0.2, 0.25) is 25.7 Å². The fourth-order valence-electron chi connectivity index (χ4n) is 2.00. The van der Waals surface area contributed by atoms with Gasteiger partial charge in [-0.1, -0.05) is 31.8 Å². The number of ketones is 1. The molecule has 1 aromatic carbocycles. The van der Waals surface area contributed by atoms with Crippen molar-refractivity contribution in [2.24, 2.45) is 0 Å². The van der Waals surface area contributed by atoms with Gasteiger partial charge < -0.3 is 15.0 Å². The van der Waals surface area contributed by atoms with Crippen LogP contribution in [0.1, 0.15) is 16.1 Å². The summed E-state index contributed by atoms with van der Waals surface area (Å²) in [5.74, 6) is -0.135. The third kappa shape index (κ3) is 4.28. The van der Waals surface area contributed by atoms with Crippen LogP contribution in [-0.2, 0) is 11.5 Å². The van der Waals surface area contributed by atoms with E-state index < -0.39 is 8.07 Å². The third-order valence-corrected chi connectivity index (χ3v) is 5.08. The molecule has 1 heterocycles. The molecule has 2 N–H and O–H groups in total. The van der Waals surface area contributed by atoms with Gasteiger partial charge in [-0.05, 0) is 18.2 Å². The van der Waals surface area contributed by atoms with Crippen LogP contribution in [0, 0.1) is 0 Å². The number of hydrogen-bond acceptors (Lipinski definition) is 4. The number of carbonyl (C=O) groups excluding carboxylic acids is 1. The predicted octanol–water partition coefficient (Wildman–Crippen LogP) is 3.01. The quantitative estimate of drug-likeness (QED) is 0.369. The summed E-state index contributed by atoms with van der Waals surface area (Å²) in [6.07, 6.45) is 3.16. The lowest BCUT2D eigenvalue weighted by Crippen LogP contribution is -2.22. The SMILES string of the molecule is C[Si](C)(C)CCOCn1cncc1C(=O)c1ccccc1N. The van der Waals surface area contributed by atoms with E-state index in [0.29, 0.717) is 30.3 Å². The normalized spacial score (nSPS) is 11.6. The molecule has 5 nitrogen and oxygen atoms in total. The van der Waals surface area contributed by atoms with Crippen LogP contribution in [0.3, 0.4) is 0 Å². The van der Waals surface area contributed by atoms with Gasteiger partial charge in [0.1, 0.15) is 12.4 Å². The first-order valence-electron chi connectivity index (χ1n) is 7.35. The molecule has 2 rings (SSSR count). The summed E-state index contributed by atoms with van der Waals surface area (Å²) in [6.45, 7) is 7.95. The molecule has 118 valence electrons. The number of para-hydroxylation sites is 1. The molecule has 0 saturated heterocycles. The second-order valence-electron chi connectivity index (χ2n) is 6.51. The molecule has 22 heavy (non-hydrogen) atoms. The smallest absolute Gasteiger partial charge is 0.213 e. The van der Waals surface area contributed by atoms with Gasteiger partial charge >= 0.3 is 0 Å². The lowest BCUT2D eigenvalue weighted by atomic mass is 10.1. The molecule has 0 aliphatic rings. The lowest BCUT2D eigenvalue weighted by molar-refractivity contribution is 0.0817. The Labute approximate surface area is 132 Å². The Balaban J connectivity index is 2.04. The van der Waals surface area contributed by atoms with Gasteiger partial charge in [-0.15, -0.1) is 0 Å². The van der Waals surface area contributed by atoms with Crippen molar-refractivity contribution in [3.63, 3.8) is 0 Å². The zero-order valence-corrected chi connectivity index (χ0v) is 14.4. The maximum absolute atomic E-state index is 12.6. The molecule has 1 aromatic heterocycles. The van der Waals surface area contributed by atoms with E-state index in [-0.39, 0.29) is 5.78 Å². The van der Waals surface area contributed by atoms with Gasteiger partial charge in [-0.2, -0.15) is 0 Å². The number of nitrogen functional groups attached to an aromatic ring is 1. The Morgan fingerprint density at radius 1 is 1.32 bits per heavy atom. The molecule has 0 spiro atoms. The van der Waals surface area contributed by atoms with E-state index in [1.165, 1.54) is 0 Å². The maximum Gasteiger partial charge on any atom is 0.213 e. The fraction of sp³-hybridized carbons (Fsp3) is 0.375. The molecule has 0 radical (unpaired) electrons. The van der Waals surface area contributed by atoms with E-state index in [9.17, 15) is 4.79 Å². The lowest BCUT2D eigenvalue weighted by Gasteiger charge is -2.16. The number of ether oxygens (including phenoxy) is 1. The molecule has 0 amide bonds. The van der Waals surface area contributed by atoms with E-state index >= 15 is 0 Å².